The van der Waals surface area contributed by atoms with Crippen molar-refractivity contribution < 1.29 is 9.59 Å². The third-order valence-corrected chi connectivity index (χ3v) is 5.72. The smallest absolute Gasteiger partial charge is 0.253 e. The minimum atomic E-state index is -0.0456. The number of nitrogens with one attached hydrogen (secondary N) is 1. The first-order valence-electron chi connectivity index (χ1n) is 9.10. The second-order valence-corrected chi connectivity index (χ2v) is 7.79. The van der Waals surface area contributed by atoms with Gasteiger partial charge in [-0.2, -0.15) is 0 Å². The van der Waals surface area contributed by atoms with Crippen molar-refractivity contribution in [2.24, 2.45) is 0 Å². The standard InChI is InChI=1S/C21H21N3O2S/c1-14(25)23-18-3-2-10-24(12-18)21(26)16-6-4-15(5-7-16)17-8-9-20-19(11-17)22-13-27-20/h4-9,11,13,18H,2-3,10,12H2,1H3,(H,23,25)/t18-/m0/s1. The van der Waals surface area contributed by atoms with E-state index in [1.165, 1.54) is 11.6 Å². The van der Waals surface area contributed by atoms with E-state index in [-0.39, 0.29) is 17.9 Å². The number of rotatable bonds is 3. The van der Waals surface area contributed by atoms with Gasteiger partial charge in [0, 0.05) is 31.6 Å². The second-order valence-electron chi connectivity index (χ2n) is 6.90. The van der Waals surface area contributed by atoms with E-state index in [0.29, 0.717) is 12.1 Å². The lowest BCUT2D eigenvalue weighted by atomic mass is 10.0. The van der Waals surface area contributed by atoms with Crippen LogP contribution in [-0.4, -0.2) is 40.8 Å². The van der Waals surface area contributed by atoms with Gasteiger partial charge in [0.2, 0.25) is 5.91 Å². The summed E-state index contributed by atoms with van der Waals surface area (Å²) < 4.78 is 1.17. The van der Waals surface area contributed by atoms with E-state index in [9.17, 15) is 9.59 Å². The van der Waals surface area contributed by atoms with Crippen LogP contribution >= 0.6 is 11.3 Å². The molecule has 0 unspecified atom stereocenters. The molecule has 138 valence electrons. The minimum Gasteiger partial charge on any atom is -0.352 e. The zero-order valence-electron chi connectivity index (χ0n) is 15.1. The van der Waals surface area contributed by atoms with Crippen LogP contribution in [-0.2, 0) is 4.79 Å². The molecule has 1 aliphatic rings. The number of aromatic nitrogens is 1. The van der Waals surface area contributed by atoms with Crippen molar-refractivity contribution in [1.29, 1.82) is 0 Å². The monoisotopic (exact) mass is 379 g/mol. The lowest BCUT2D eigenvalue weighted by molar-refractivity contribution is -0.120. The molecule has 2 amide bonds. The van der Waals surface area contributed by atoms with Gasteiger partial charge in [0.25, 0.3) is 5.91 Å². The van der Waals surface area contributed by atoms with Crippen LogP contribution in [0.5, 0.6) is 0 Å². The Morgan fingerprint density at radius 3 is 2.70 bits per heavy atom. The van der Waals surface area contributed by atoms with E-state index < -0.39 is 0 Å². The lowest BCUT2D eigenvalue weighted by Crippen LogP contribution is -2.49. The number of hydrogen-bond donors (Lipinski definition) is 1. The SMILES string of the molecule is CC(=O)N[C@H]1CCCN(C(=O)c2ccc(-c3ccc4scnc4c3)cc2)C1. The number of hydrogen-bond acceptors (Lipinski definition) is 4. The molecule has 0 spiro atoms. The summed E-state index contributed by atoms with van der Waals surface area (Å²) in [6.45, 7) is 2.82. The maximum atomic E-state index is 12.8. The number of piperidine rings is 1. The summed E-state index contributed by atoms with van der Waals surface area (Å²) in [5.74, 6) is -0.0257. The van der Waals surface area contributed by atoms with Crippen LogP contribution in [0.4, 0.5) is 0 Å². The van der Waals surface area contributed by atoms with E-state index in [2.05, 4.69) is 28.5 Å². The Labute approximate surface area is 162 Å². The molecule has 2 heterocycles. The van der Waals surface area contributed by atoms with E-state index in [1.807, 2.05) is 34.7 Å². The largest absolute Gasteiger partial charge is 0.352 e. The molecule has 1 fully saturated rings. The first-order valence-corrected chi connectivity index (χ1v) is 9.98. The zero-order valence-corrected chi connectivity index (χ0v) is 16.0. The normalized spacial score (nSPS) is 17.1. The van der Waals surface area contributed by atoms with Gasteiger partial charge < -0.3 is 10.2 Å². The van der Waals surface area contributed by atoms with Gasteiger partial charge in [0.1, 0.15) is 0 Å². The molecule has 2 aromatic carbocycles. The van der Waals surface area contributed by atoms with Crippen LogP contribution in [0.15, 0.2) is 48.0 Å². The van der Waals surface area contributed by atoms with Crippen LogP contribution in [0, 0.1) is 0 Å². The Morgan fingerprint density at radius 2 is 1.93 bits per heavy atom. The molecule has 1 atom stereocenters. The molecule has 6 heteroatoms. The van der Waals surface area contributed by atoms with Gasteiger partial charge in [-0.3, -0.25) is 9.59 Å². The van der Waals surface area contributed by atoms with E-state index in [0.717, 1.165) is 36.0 Å². The molecule has 5 nitrogen and oxygen atoms in total. The predicted octanol–water partition coefficient (Wildman–Crippen LogP) is 3.70. The highest BCUT2D eigenvalue weighted by Crippen LogP contribution is 2.26. The van der Waals surface area contributed by atoms with Crippen LogP contribution in [0.2, 0.25) is 0 Å². The molecule has 1 aromatic heterocycles. The molecule has 0 radical (unpaired) electrons. The van der Waals surface area contributed by atoms with E-state index in [4.69, 9.17) is 0 Å². The Bertz CT molecular complexity index is 981. The number of benzene rings is 2. The average molecular weight is 379 g/mol. The van der Waals surface area contributed by atoms with Crippen molar-refractivity contribution in [1.82, 2.24) is 15.2 Å². The fourth-order valence-corrected chi connectivity index (χ4v) is 4.25. The van der Waals surface area contributed by atoms with Crippen molar-refractivity contribution in [2.45, 2.75) is 25.8 Å². The van der Waals surface area contributed by atoms with Crippen LogP contribution < -0.4 is 5.32 Å². The fraction of sp³-hybridized carbons (Fsp3) is 0.286. The van der Waals surface area contributed by atoms with Gasteiger partial charge in [-0.05, 0) is 48.2 Å². The summed E-state index contributed by atoms with van der Waals surface area (Å²) in [6.07, 6.45) is 1.82. The lowest BCUT2D eigenvalue weighted by Gasteiger charge is -2.33. The van der Waals surface area contributed by atoms with Crippen molar-refractivity contribution >= 4 is 33.4 Å². The van der Waals surface area contributed by atoms with E-state index in [1.54, 1.807) is 11.3 Å². The summed E-state index contributed by atoms with van der Waals surface area (Å²) in [6, 6.07) is 14.0. The third kappa shape index (κ3) is 3.85. The summed E-state index contributed by atoms with van der Waals surface area (Å²) in [5.41, 5.74) is 5.68. The Kier molecular flexibility index (Phi) is 4.90. The zero-order chi connectivity index (χ0) is 18.8. The van der Waals surface area contributed by atoms with Crippen LogP contribution in [0.3, 0.4) is 0 Å². The number of fused-ring (bicyclic) bond motifs is 1. The molecule has 1 N–H and O–H groups in total. The average Bonchev–Trinajstić information content (AvgIpc) is 3.15. The molecule has 1 aliphatic heterocycles. The third-order valence-electron chi connectivity index (χ3n) is 4.91. The fourth-order valence-electron chi connectivity index (χ4n) is 3.59. The molecule has 3 aromatic rings. The maximum Gasteiger partial charge on any atom is 0.253 e. The molecular formula is C21H21N3O2S. The summed E-state index contributed by atoms with van der Waals surface area (Å²) in [4.78, 5) is 30.3. The second kappa shape index (κ2) is 7.48. The van der Waals surface area contributed by atoms with Crippen molar-refractivity contribution in [3.8, 4) is 11.1 Å². The Balaban J connectivity index is 1.49. The van der Waals surface area contributed by atoms with Crippen LogP contribution in [0.1, 0.15) is 30.1 Å². The van der Waals surface area contributed by atoms with Gasteiger partial charge in [0.05, 0.1) is 15.7 Å². The predicted molar refractivity (Wildman–Crippen MR) is 108 cm³/mol. The van der Waals surface area contributed by atoms with Gasteiger partial charge in [0.15, 0.2) is 0 Å². The quantitative estimate of drug-likeness (QED) is 0.755. The minimum absolute atomic E-state index is 0.0200. The van der Waals surface area contributed by atoms with Crippen molar-refractivity contribution in [3.63, 3.8) is 0 Å². The first-order chi connectivity index (χ1) is 13.1. The topological polar surface area (TPSA) is 62.3 Å². The summed E-state index contributed by atoms with van der Waals surface area (Å²) in [7, 11) is 0. The van der Waals surface area contributed by atoms with E-state index >= 15 is 0 Å². The number of thiazole rings is 1. The summed E-state index contributed by atoms with van der Waals surface area (Å²) >= 11 is 1.63. The maximum absolute atomic E-state index is 12.8. The number of nitrogens with zero attached hydrogens (tertiary/aromatic N) is 2. The highest BCUT2D eigenvalue weighted by atomic mass is 32.1. The van der Waals surface area contributed by atoms with Crippen molar-refractivity contribution in [2.75, 3.05) is 13.1 Å². The van der Waals surface area contributed by atoms with Crippen LogP contribution in [0.25, 0.3) is 21.3 Å². The molecule has 0 aliphatic carbocycles. The highest BCUT2D eigenvalue weighted by Gasteiger charge is 2.24. The molecular weight excluding hydrogens is 358 g/mol. The van der Waals surface area contributed by atoms with Gasteiger partial charge in [-0.25, -0.2) is 4.98 Å². The first kappa shape index (κ1) is 17.7. The molecule has 0 saturated carbocycles. The van der Waals surface area contributed by atoms with Gasteiger partial charge in [-0.15, -0.1) is 11.3 Å². The number of likely N-dealkylation sites (tertiary alicyclic amines) is 1. The Morgan fingerprint density at radius 1 is 1.15 bits per heavy atom. The highest BCUT2D eigenvalue weighted by molar-refractivity contribution is 7.16. The number of carbonyl (C=O) groups excluding carboxylic acids is 2. The number of amides is 2. The molecule has 27 heavy (non-hydrogen) atoms. The van der Waals surface area contributed by atoms with Gasteiger partial charge >= 0.3 is 0 Å². The van der Waals surface area contributed by atoms with Gasteiger partial charge in [-0.1, -0.05) is 18.2 Å². The molecule has 0 bridgehead atoms. The summed E-state index contributed by atoms with van der Waals surface area (Å²) in [5, 5.41) is 2.92. The molecule has 4 rings (SSSR count). The van der Waals surface area contributed by atoms with Crippen molar-refractivity contribution in [3.05, 3.63) is 53.5 Å². The molecule has 1 saturated heterocycles. The number of carbonyl (C=O) groups is 2. The Hall–Kier alpha value is -2.73.